The molecule has 0 fully saturated rings. The molecular weight excluding hydrogens is 348 g/mol. The van der Waals surface area contributed by atoms with E-state index in [0.717, 1.165) is 33.7 Å². The van der Waals surface area contributed by atoms with Crippen LogP contribution in [0.15, 0.2) is 53.5 Å². The fraction of sp³-hybridized carbons (Fsp3) is 0.235. The number of aliphatic imine (C=N–C) groups is 1. The van der Waals surface area contributed by atoms with Crippen molar-refractivity contribution in [3.8, 4) is 0 Å². The molecule has 0 radical (unpaired) electrons. The number of alkyl halides is 1. The Morgan fingerprint density at radius 2 is 2.00 bits per heavy atom. The summed E-state index contributed by atoms with van der Waals surface area (Å²) in [4.78, 5) is 7.14. The second-order valence-electron chi connectivity index (χ2n) is 5.14. The molecule has 2 nitrogen and oxygen atoms in total. The van der Waals surface area contributed by atoms with E-state index in [0.29, 0.717) is 6.04 Å². The normalized spacial score (nSPS) is 18.0. The quantitative estimate of drug-likeness (QED) is 0.723. The van der Waals surface area contributed by atoms with Crippen LogP contribution in [0.2, 0.25) is 5.02 Å². The molecule has 0 N–H and O–H groups in total. The van der Waals surface area contributed by atoms with Gasteiger partial charge >= 0.3 is 0 Å². The Labute approximate surface area is 138 Å². The summed E-state index contributed by atoms with van der Waals surface area (Å²) in [7, 11) is 2.11. The molecule has 0 aliphatic carbocycles. The summed E-state index contributed by atoms with van der Waals surface area (Å²) in [5, 5.41) is 1.63. The van der Waals surface area contributed by atoms with Gasteiger partial charge in [-0.25, -0.2) is 0 Å². The standard InChI is InChI=1S/C17H16BrClN2/c1-21-14(10-18)11-20-17(12-5-3-2-4-6-12)15-9-13(19)7-8-16(15)21/h2-9,14H,10-11H2,1H3. The number of hydrogen-bond acceptors (Lipinski definition) is 2. The van der Waals surface area contributed by atoms with E-state index in [2.05, 4.69) is 46.1 Å². The highest BCUT2D eigenvalue weighted by Gasteiger charge is 2.23. The van der Waals surface area contributed by atoms with Crippen LogP contribution >= 0.6 is 27.5 Å². The molecule has 2 aromatic carbocycles. The Kier molecular flexibility index (Phi) is 4.32. The van der Waals surface area contributed by atoms with Crippen molar-refractivity contribution in [1.82, 2.24) is 0 Å². The van der Waals surface area contributed by atoms with Crippen molar-refractivity contribution >= 4 is 38.9 Å². The van der Waals surface area contributed by atoms with Gasteiger partial charge in [0.05, 0.1) is 18.3 Å². The fourth-order valence-electron chi connectivity index (χ4n) is 2.60. The van der Waals surface area contributed by atoms with Gasteiger partial charge in [-0.2, -0.15) is 0 Å². The maximum Gasteiger partial charge on any atom is 0.0741 e. The lowest BCUT2D eigenvalue weighted by Gasteiger charge is -2.27. The Balaban J connectivity index is 2.18. The van der Waals surface area contributed by atoms with E-state index in [9.17, 15) is 0 Å². The highest BCUT2D eigenvalue weighted by atomic mass is 79.9. The van der Waals surface area contributed by atoms with Crippen molar-refractivity contribution < 1.29 is 0 Å². The van der Waals surface area contributed by atoms with E-state index in [-0.39, 0.29) is 0 Å². The minimum absolute atomic E-state index is 0.339. The van der Waals surface area contributed by atoms with Crippen molar-refractivity contribution in [2.75, 3.05) is 23.8 Å². The summed E-state index contributed by atoms with van der Waals surface area (Å²) in [5.74, 6) is 0. The molecule has 1 aliphatic rings. The molecule has 0 spiro atoms. The average Bonchev–Trinajstić information content (AvgIpc) is 2.65. The Morgan fingerprint density at radius 1 is 1.24 bits per heavy atom. The SMILES string of the molecule is CN1c2ccc(Cl)cc2C(c2ccccc2)=NCC1CBr. The molecule has 2 aromatic rings. The Bertz CT molecular complexity index is 670. The molecule has 0 amide bonds. The van der Waals surface area contributed by atoms with Gasteiger partial charge in [0.15, 0.2) is 0 Å². The number of fused-ring (bicyclic) bond motifs is 1. The van der Waals surface area contributed by atoms with Gasteiger partial charge in [0.1, 0.15) is 0 Å². The largest absolute Gasteiger partial charge is 0.368 e. The molecular formula is C17H16BrClN2. The molecule has 0 saturated heterocycles. The van der Waals surface area contributed by atoms with Gasteiger partial charge in [0.2, 0.25) is 0 Å². The smallest absolute Gasteiger partial charge is 0.0741 e. The highest BCUT2D eigenvalue weighted by Crippen LogP contribution is 2.30. The van der Waals surface area contributed by atoms with Crippen LogP contribution in [0.1, 0.15) is 11.1 Å². The van der Waals surface area contributed by atoms with Crippen molar-refractivity contribution in [2.24, 2.45) is 4.99 Å². The number of nitrogens with zero attached hydrogens (tertiary/aromatic N) is 2. The summed E-state index contributed by atoms with van der Waals surface area (Å²) >= 11 is 9.81. The number of benzene rings is 2. The first-order chi connectivity index (χ1) is 10.2. The minimum atomic E-state index is 0.339. The van der Waals surface area contributed by atoms with Crippen LogP contribution in [-0.2, 0) is 0 Å². The Morgan fingerprint density at radius 3 is 2.71 bits per heavy atom. The lowest BCUT2D eigenvalue weighted by atomic mass is 10.0. The van der Waals surface area contributed by atoms with Gasteiger partial charge in [0.25, 0.3) is 0 Å². The molecule has 0 aromatic heterocycles. The molecule has 1 unspecified atom stereocenters. The van der Waals surface area contributed by atoms with Crippen LogP contribution in [0, 0.1) is 0 Å². The van der Waals surface area contributed by atoms with Crippen LogP contribution in [0.25, 0.3) is 0 Å². The number of likely N-dealkylation sites (N-methyl/N-ethyl adjacent to an activating group) is 1. The topological polar surface area (TPSA) is 15.6 Å². The van der Waals surface area contributed by atoms with Crippen molar-refractivity contribution in [3.05, 3.63) is 64.7 Å². The summed E-state index contributed by atoms with van der Waals surface area (Å²) in [5.41, 5.74) is 4.41. The second-order valence-corrected chi connectivity index (χ2v) is 6.22. The van der Waals surface area contributed by atoms with E-state index < -0.39 is 0 Å². The van der Waals surface area contributed by atoms with E-state index in [1.165, 1.54) is 5.69 Å². The molecule has 21 heavy (non-hydrogen) atoms. The fourth-order valence-corrected chi connectivity index (χ4v) is 3.41. The zero-order valence-electron chi connectivity index (χ0n) is 11.8. The van der Waals surface area contributed by atoms with Crippen LogP contribution in [0.5, 0.6) is 0 Å². The molecule has 108 valence electrons. The lowest BCUT2D eigenvalue weighted by Crippen LogP contribution is -2.35. The summed E-state index contributed by atoms with van der Waals surface area (Å²) in [6.45, 7) is 0.762. The molecule has 1 atom stereocenters. The maximum absolute atomic E-state index is 6.22. The third-order valence-corrected chi connectivity index (χ3v) is 4.81. The number of rotatable bonds is 2. The van der Waals surface area contributed by atoms with Gasteiger partial charge in [-0.15, -0.1) is 0 Å². The first-order valence-electron chi connectivity index (χ1n) is 6.89. The third kappa shape index (κ3) is 2.85. The van der Waals surface area contributed by atoms with Crippen LogP contribution in [0.3, 0.4) is 0 Å². The van der Waals surface area contributed by atoms with Gasteiger partial charge in [0, 0.05) is 34.2 Å². The molecule has 0 saturated carbocycles. The molecule has 1 heterocycles. The monoisotopic (exact) mass is 362 g/mol. The first-order valence-corrected chi connectivity index (χ1v) is 8.39. The predicted molar refractivity (Wildman–Crippen MR) is 94.4 cm³/mol. The van der Waals surface area contributed by atoms with Crippen LogP contribution in [0.4, 0.5) is 5.69 Å². The second kappa shape index (κ2) is 6.20. The lowest BCUT2D eigenvalue weighted by molar-refractivity contribution is 0.715. The van der Waals surface area contributed by atoms with Gasteiger partial charge in [-0.05, 0) is 18.2 Å². The average molecular weight is 364 g/mol. The van der Waals surface area contributed by atoms with Crippen LogP contribution < -0.4 is 4.90 Å². The zero-order valence-corrected chi connectivity index (χ0v) is 14.1. The van der Waals surface area contributed by atoms with Crippen molar-refractivity contribution in [3.63, 3.8) is 0 Å². The summed E-state index contributed by atoms with van der Waals surface area (Å²) in [6, 6.07) is 16.7. The number of hydrogen-bond donors (Lipinski definition) is 0. The summed E-state index contributed by atoms with van der Waals surface area (Å²) < 4.78 is 0. The summed E-state index contributed by atoms with van der Waals surface area (Å²) in [6.07, 6.45) is 0. The third-order valence-electron chi connectivity index (χ3n) is 3.83. The zero-order chi connectivity index (χ0) is 14.8. The highest BCUT2D eigenvalue weighted by molar-refractivity contribution is 9.09. The number of halogens is 2. The van der Waals surface area contributed by atoms with Gasteiger partial charge in [-0.3, -0.25) is 4.99 Å². The Hall–Kier alpha value is -1.32. The van der Waals surface area contributed by atoms with Gasteiger partial charge < -0.3 is 4.90 Å². The predicted octanol–water partition coefficient (Wildman–Crippen LogP) is 4.39. The van der Waals surface area contributed by atoms with Gasteiger partial charge in [-0.1, -0.05) is 57.9 Å². The maximum atomic E-state index is 6.22. The van der Waals surface area contributed by atoms with E-state index in [1.54, 1.807) is 0 Å². The molecule has 3 rings (SSSR count). The number of anilines is 1. The molecule has 4 heteroatoms. The first kappa shape index (κ1) is 14.6. The number of benzodiazepines with no additional fused rings is 1. The molecule has 0 bridgehead atoms. The van der Waals surface area contributed by atoms with E-state index >= 15 is 0 Å². The molecule has 1 aliphatic heterocycles. The van der Waals surface area contributed by atoms with Crippen molar-refractivity contribution in [2.45, 2.75) is 6.04 Å². The minimum Gasteiger partial charge on any atom is -0.368 e. The van der Waals surface area contributed by atoms with E-state index in [1.807, 2.05) is 30.3 Å². The van der Waals surface area contributed by atoms with E-state index in [4.69, 9.17) is 16.6 Å². The van der Waals surface area contributed by atoms with Crippen LogP contribution in [-0.4, -0.2) is 30.7 Å². The van der Waals surface area contributed by atoms with Crippen molar-refractivity contribution in [1.29, 1.82) is 0 Å².